The van der Waals surface area contributed by atoms with E-state index >= 15 is 0 Å². The second-order valence-corrected chi connectivity index (χ2v) is 10.0. The summed E-state index contributed by atoms with van der Waals surface area (Å²) in [4.78, 5) is 46.2. The average Bonchev–Trinajstić information content (AvgIpc) is 3.31. The number of nitrogens with one attached hydrogen (secondary N) is 1. The fourth-order valence-electron chi connectivity index (χ4n) is 5.33. The Labute approximate surface area is 233 Å². The van der Waals surface area contributed by atoms with Crippen LogP contribution in [0, 0.1) is 0 Å². The molecule has 202 valence electrons. The predicted octanol–water partition coefficient (Wildman–Crippen LogP) is 4.53. The van der Waals surface area contributed by atoms with Crippen LogP contribution in [0.3, 0.4) is 0 Å². The molecule has 2 aliphatic heterocycles. The van der Waals surface area contributed by atoms with E-state index in [0.29, 0.717) is 28.9 Å². The second-order valence-electron chi connectivity index (χ2n) is 9.12. The van der Waals surface area contributed by atoms with Crippen molar-refractivity contribution in [3.8, 4) is 11.5 Å². The number of ether oxygens (including phenoxy) is 3. The Bertz CT molecular complexity index is 1570. The Morgan fingerprint density at radius 3 is 2.59 bits per heavy atom. The van der Waals surface area contributed by atoms with E-state index in [9.17, 15) is 19.5 Å². The van der Waals surface area contributed by atoms with Gasteiger partial charge in [0.15, 0.2) is 5.78 Å². The number of allylic oxidation sites excluding steroid dienone is 2. The monoisotopic (exact) mass is 594 g/mol. The number of phenolic OH excluding ortho intramolecular Hbond substituents is 1. The number of hydrogen-bond donors (Lipinski definition) is 2. The van der Waals surface area contributed by atoms with Crippen molar-refractivity contribution in [2.75, 3.05) is 26.9 Å². The maximum absolute atomic E-state index is 14.0. The highest BCUT2D eigenvalue weighted by Crippen LogP contribution is 2.48. The molecule has 0 aliphatic carbocycles. The number of carbonyl (C=O) groups excluding carboxylic acids is 3. The molecule has 10 heteroatoms. The molecule has 0 saturated heterocycles. The van der Waals surface area contributed by atoms with Crippen molar-refractivity contribution in [2.45, 2.75) is 25.8 Å². The fourth-order valence-corrected chi connectivity index (χ4v) is 5.69. The van der Waals surface area contributed by atoms with Gasteiger partial charge in [-0.05, 0) is 68.3 Å². The lowest BCUT2D eigenvalue weighted by molar-refractivity contribution is -0.159. The molecular formula is C29H27BrN2O7. The SMILES string of the molecule is CCOC(=O)C1=CC(C(=O)c2cc(Br)ccc2O)=CN2CCc3c([nH]c4ccc(OC)cc34)C12C(=O)OCC. The highest BCUT2D eigenvalue weighted by atomic mass is 79.9. The molecule has 2 aromatic carbocycles. The summed E-state index contributed by atoms with van der Waals surface area (Å²) in [6.45, 7) is 3.80. The van der Waals surface area contributed by atoms with Gasteiger partial charge in [-0.1, -0.05) is 15.9 Å². The highest BCUT2D eigenvalue weighted by molar-refractivity contribution is 9.10. The van der Waals surface area contributed by atoms with Crippen LogP contribution in [0.1, 0.15) is 35.5 Å². The standard InChI is InChI=1S/C29H27BrN2O7/c1-4-38-27(35)22-12-16(25(34)21-13-17(30)6-9-24(21)33)15-32-11-10-19-20-14-18(37-3)7-8-23(20)31-26(19)29(22,32)28(36)39-5-2/h6-9,12-15,31,33H,4-5,10-11H2,1-3H3. The van der Waals surface area contributed by atoms with Gasteiger partial charge in [0.2, 0.25) is 5.54 Å². The van der Waals surface area contributed by atoms with Gasteiger partial charge in [0, 0.05) is 33.7 Å². The summed E-state index contributed by atoms with van der Waals surface area (Å²) in [5.74, 6) is -1.49. The first kappa shape index (κ1) is 26.6. The van der Waals surface area contributed by atoms with Crippen molar-refractivity contribution < 1.29 is 33.7 Å². The molecule has 0 saturated carbocycles. The molecule has 39 heavy (non-hydrogen) atoms. The number of nitrogens with zero attached hydrogens (tertiary/aromatic N) is 1. The van der Waals surface area contributed by atoms with Crippen LogP contribution in [0.25, 0.3) is 10.9 Å². The summed E-state index contributed by atoms with van der Waals surface area (Å²) in [6.07, 6.45) is 3.44. The number of aromatic nitrogens is 1. The Hall–Kier alpha value is -4.05. The first-order chi connectivity index (χ1) is 18.8. The smallest absolute Gasteiger partial charge is 0.343 e. The van der Waals surface area contributed by atoms with E-state index in [0.717, 1.165) is 16.5 Å². The van der Waals surface area contributed by atoms with Crippen LogP contribution in [0.4, 0.5) is 0 Å². The van der Waals surface area contributed by atoms with Crippen molar-refractivity contribution in [3.05, 3.63) is 81.1 Å². The van der Waals surface area contributed by atoms with E-state index in [1.165, 1.54) is 18.2 Å². The predicted molar refractivity (Wildman–Crippen MR) is 147 cm³/mol. The normalized spacial score (nSPS) is 18.0. The number of fused-ring (bicyclic) bond motifs is 5. The number of halogens is 1. The van der Waals surface area contributed by atoms with Crippen LogP contribution in [0.2, 0.25) is 0 Å². The number of H-pyrrole nitrogens is 1. The van der Waals surface area contributed by atoms with Crippen molar-refractivity contribution in [1.82, 2.24) is 9.88 Å². The summed E-state index contributed by atoms with van der Waals surface area (Å²) in [5.41, 5.74) is 0.480. The third-order valence-corrected chi connectivity index (χ3v) is 7.52. The lowest BCUT2D eigenvalue weighted by Gasteiger charge is -2.46. The van der Waals surface area contributed by atoms with Crippen molar-refractivity contribution >= 4 is 44.6 Å². The van der Waals surface area contributed by atoms with Gasteiger partial charge in [-0.3, -0.25) is 4.79 Å². The molecule has 5 rings (SSSR count). The number of hydrogen-bond acceptors (Lipinski definition) is 8. The van der Waals surface area contributed by atoms with Crippen LogP contribution in [-0.4, -0.2) is 59.6 Å². The lowest BCUT2D eigenvalue weighted by Crippen LogP contribution is -2.58. The van der Waals surface area contributed by atoms with E-state index < -0.39 is 23.3 Å². The number of phenols is 1. The largest absolute Gasteiger partial charge is 0.507 e. The molecular weight excluding hydrogens is 568 g/mol. The Morgan fingerprint density at radius 2 is 1.87 bits per heavy atom. The third-order valence-electron chi connectivity index (χ3n) is 7.02. The van der Waals surface area contributed by atoms with E-state index in [1.54, 1.807) is 38.1 Å². The van der Waals surface area contributed by atoms with E-state index in [-0.39, 0.29) is 35.7 Å². The quantitative estimate of drug-likeness (QED) is 0.302. The average molecular weight is 595 g/mol. The van der Waals surface area contributed by atoms with Gasteiger partial charge in [-0.2, -0.15) is 0 Å². The van der Waals surface area contributed by atoms with Crippen LogP contribution < -0.4 is 4.74 Å². The molecule has 0 amide bonds. The van der Waals surface area contributed by atoms with Crippen LogP contribution in [0.5, 0.6) is 11.5 Å². The minimum Gasteiger partial charge on any atom is -0.507 e. The first-order valence-electron chi connectivity index (χ1n) is 12.5. The number of aromatic hydroxyl groups is 1. The maximum Gasteiger partial charge on any atom is 0.343 e. The molecule has 0 radical (unpaired) electrons. The first-order valence-corrected chi connectivity index (χ1v) is 13.3. The van der Waals surface area contributed by atoms with E-state index in [2.05, 4.69) is 20.9 Å². The van der Waals surface area contributed by atoms with Gasteiger partial charge in [-0.25, -0.2) is 9.59 Å². The molecule has 1 atom stereocenters. The molecule has 0 fully saturated rings. The minimum atomic E-state index is -1.72. The highest BCUT2D eigenvalue weighted by Gasteiger charge is 2.58. The summed E-state index contributed by atoms with van der Waals surface area (Å²) >= 11 is 3.33. The number of esters is 2. The van der Waals surface area contributed by atoms with Gasteiger partial charge in [0.25, 0.3) is 0 Å². The molecule has 1 unspecified atom stereocenters. The molecule has 0 bridgehead atoms. The molecule has 0 spiro atoms. The Balaban J connectivity index is 1.77. The molecule has 2 aliphatic rings. The number of benzene rings is 2. The molecule has 9 nitrogen and oxygen atoms in total. The zero-order valence-electron chi connectivity index (χ0n) is 21.7. The molecule has 1 aromatic heterocycles. The number of carbonyl (C=O) groups is 3. The second kappa shape index (κ2) is 10.3. The zero-order valence-corrected chi connectivity index (χ0v) is 23.3. The van der Waals surface area contributed by atoms with Gasteiger partial charge in [-0.15, -0.1) is 0 Å². The van der Waals surface area contributed by atoms with E-state index in [1.807, 2.05) is 18.2 Å². The lowest BCUT2D eigenvalue weighted by atomic mass is 9.75. The van der Waals surface area contributed by atoms with Crippen LogP contribution in [0.15, 0.2) is 64.3 Å². The van der Waals surface area contributed by atoms with Crippen molar-refractivity contribution in [3.63, 3.8) is 0 Å². The number of methoxy groups -OCH3 is 1. The Kier molecular flexibility index (Phi) is 6.98. The van der Waals surface area contributed by atoms with Gasteiger partial charge in [0.05, 0.1) is 37.2 Å². The van der Waals surface area contributed by atoms with Gasteiger partial charge in [0.1, 0.15) is 11.5 Å². The minimum absolute atomic E-state index is 0.0501. The van der Waals surface area contributed by atoms with Crippen molar-refractivity contribution in [1.29, 1.82) is 0 Å². The number of Topliss-reactive ketones (excluding diaryl/α,β-unsaturated/α-hetero) is 1. The molecule has 3 aromatic rings. The topological polar surface area (TPSA) is 118 Å². The van der Waals surface area contributed by atoms with Crippen molar-refractivity contribution in [2.24, 2.45) is 0 Å². The number of rotatable bonds is 7. The van der Waals surface area contributed by atoms with Gasteiger partial charge >= 0.3 is 11.9 Å². The summed E-state index contributed by atoms with van der Waals surface area (Å²) < 4.78 is 17.0. The summed E-state index contributed by atoms with van der Waals surface area (Å²) in [7, 11) is 1.58. The van der Waals surface area contributed by atoms with Crippen LogP contribution >= 0.6 is 15.9 Å². The maximum atomic E-state index is 14.0. The Morgan fingerprint density at radius 1 is 1.10 bits per heavy atom. The third kappa shape index (κ3) is 4.19. The fraction of sp³-hybridized carbons (Fsp3) is 0.276. The van der Waals surface area contributed by atoms with Gasteiger partial charge < -0.3 is 29.2 Å². The number of ketones is 1. The summed E-state index contributed by atoms with van der Waals surface area (Å²) in [6, 6.07) is 10.1. The zero-order chi connectivity index (χ0) is 27.9. The molecule has 2 N–H and O–H groups in total. The molecule has 3 heterocycles. The van der Waals surface area contributed by atoms with Crippen LogP contribution in [-0.2, 0) is 31.0 Å². The summed E-state index contributed by atoms with van der Waals surface area (Å²) in [5, 5.41) is 11.3. The number of aromatic amines is 1. The van der Waals surface area contributed by atoms with E-state index in [4.69, 9.17) is 14.2 Å².